The maximum Gasteiger partial charge on any atom is 0.234 e. The van der Waals surface area contributed by atoms with Crippen LogP contribution in [0, 0.1) is 5.82 Å². The molecule has 0 bridgehead atoms. The molecule has 0 atom stereocenters. The number of rotatable bonds is 9. The van der Waals surface area contributed by atoms with E-state index in [1.165, 1.54) is 12.1 Å². The summed E-state index contributed by atoms with van der Waals surface area (Å²) < 4.78 is 18.4. The number of hydrogen-bond donors (Lipinski definition) is 1. The van der Waals surface area contributed by atoms with E-state index >= 15 is 0 Å². The highest BCUT2D eigenvalue weighted by Gasteiger charge is 2.13. The van der Waals surface area contributed by atoms with Crippen LogP contribution in [0.4, 0.5) is 4.39 Å². The average Bonchev–Trinajstić information content (AvgIpc) is 3.17. The third kappa shape index (κ3) is 6.38. The highest BCUT2D eigenvalue weighted by Crippen LogP contribution is 2.10. The molecule has 1 aromatic heterocycles. The standard InChI is InChI=1S/C22H23FN2O2/c23-20-10-8-18(9-11-20)12-13-24-22(26)17-25(16-21-7-4-14-27-21)15-19-5-2-1-3-6-19/h1-11,14H,12-13,15-17H2,(H,24,26). The van der Waals surface area contributed by atoms with Crippen molar-refractivity contribution in [2.75, 3.05) is 13.1 Å². The lowest BCUT2D eigenvalue weighted by Crippen LogP contribution is -2.37. The first kappa shape index (κ1) is 18.9. The van der Waals surface area contributed by atoms with Crippen LogP contribution in [0.25, 0.3) is 0 Å². The van der Waals surface area contributed by atoms with E-state index in [9.17, 15) is 9.18 Å². The van der Waals surface area contributed by atoms with Crippen molar-refractivity contribution < 1.29 is 13.6 Å². The van der Waals surface area contributed by atoms with E-state index < -0.39 is 0 Å². The lowest BCUT2D eigenvalue weighted by Gasteiger charge is -2.21. The highest BCUT2D eigenvalue weighted by molar-refractivity contribution is 5.78. The van der Waals surface area contributed by atoms with Gasteiger partial charge in [-0.25, -0.2) is 4.39 Å². The number of halogens is 1. The summed E-state index contributed by atoms with van der Waals surface area (Å²) in [5, 5.41) is 2.94. The van der Waals surface area contributed by atoms with Crippen molar-refractivity contribution in [1.29, 1.82) is 0 Å². The Kier molecular flexibility index (Phi) is 6.77. The molecular weight excluding hydrogens is 343 g/mol. The summed E-state index contributed by atoms with van der Waals surface area (Å²) in [5.41, 5.74) is 2.14. The maximum atomic E-state index is 12.9. The molecule has 2 aromatic carbocycles. The minimum Gasteiger partial charge on any atom is -0.468 e. The normalized spacial score (nSPS) is 10.9. The summed E-state index contributed by atoms with van der Waals surface area (Å²) in [6.07, 6.45) is 2.31. The fraction of sp³-hybridized carbons (Fsp3) is 0.227. The van der Waals surface area contributed by atoms with Gasteiger partial charge in [0, 0.05) is 13.1 Å². The maximum absolute atomic E-state index is 12.9. The number of amides is 1. The second-order valence-electron chi connectivity index (χ2n) is 6.44. The Labute approximate surface area is 158 Å². The van der Waals surface area contributed by atoms with E-state index in [2.05, 4.69) is 5.32 Å². The zero-order valence-corrected chi connectivity index (χ0v) is 15.1. The predicted molar refractivity (Wildman–Crippen MR) is 102 cm³/mol. The van der Waals surface area contributed by atoms with E-state index in [1.807, 2.05) is 47.4 Å². The number of hydrogen-bond acceptors (Lipinski definition) is 3. The Balaban J connectivity index is 1.52. The summed E-state index contributed by atoms with van der Waals surface area (Å²) in [6.45, 7) is 2.02. The Morgan fingerprint density at radius 1 is 0.926 bits per heavy atom. The van der Waals surface area contributed by atoms with Crippen molar-refractivity contribution in [3.8, 4) is 0 Å². The van der Waals surface area contributed by atoms with Gasteiger partial charge in [0.1, 0.15) is 11.6 Å². The number of carbonyl (C=O) groups excluding carboxylic acids is 1. The van der Waals surface area contributed by atoms with Gasteiger partial charge in [0.2, 0.25) is 5.91 Å². The highest BCUT2D eigenvalue weighted by atomic mass is 19.1. The lowest BCUT2D eigenvalue weighted by atomic mass is 10.1. The van der Waals surface area contributed by atoms with Gasteiger partial charge in [-0.1, -0.05) is 42.5 Å². The van der Waals surface area contributed by atoms with Gasteiger partial charge in [-0.3, -0.25) is 9.69 Å². The smallest absolute Gasteiger partial charge is 0.234 e. The first-order chi connectivity index (χ1) is 13.2. The Bertz CT molecular complexity index is 817. The second-order valence-corrected chi connectivity index (χ2v) is 6.44. The number of nitrogens with zero attached hydrogens (tertiary/aromatic N) is 1. The van der Waals surface area contributed by atoms with E-state index in [1.54, 1.807) is 18.4 Å². The predicted octanol–water partition coefficient (Wildman–Crippen LogP) is 3.78. The Hall–Kier alpha value is -2.92. The first-order valence-corrected chi connectivity index (χ1v) is 8.99. The quantitative estimate of drug-likeness (QED) is 0.627. The molecule has 3 aromatic rings. The van der Waals surface area contributed by atoms with E-state index in [0.29, 0.717) is 26.1 Å². The van der Waals surface area contributed by atoms with Crippen LogP contribution >= 0.6 is 0 Å². The third-order valence-electron chi connectivity index (χ3n) is 4.22. The summed E-state index contributed by atoms with van der Waals surface area (Å²) in [6, 6.07) is 20.1. The fourth-order valence-electron chi connectivity index (χ4n) is 2.89. The van der Waals surface area contributed by atoms with Gasteiger partial charge in [0.25, 0.3) is 0 Å². The summed E-state index contributed by atoms with van der Waals surface area (Å²) >= 11 is 0. The topological polar surface area (TPSA) is 45.5 Å². The molecular formula is C22H23FN2O2. The molecule has 0 spiro atoms. The molecule has 0 unspecified atom stereocenters. The summed E-state index contributed by atoms with van der Waals surface area (Å²) in [4.78, 5) is 14.4. The van der Waals surface area contributed by atoms with Crippen molar-refractivity contribution in [3.63, 3.8) is 0 Å². The third-order valence-corrected chi connectivity index (χ3v) is 4.22. The molecule has 0 saturated carbocycles. The van der Waals surface area contributed by atoms with E-state index in [4.69, 9.17) is 4.42 Å². The second kappa shape index (κ2) is 9.69. The van der Waals surface area contributed by atoms with Gasteiger partial charge in [-0.2, -0.15) is 0 Å². The first-order valence-electron chi connectivity index (χ1n) is 8.99. The molecule has 0 aliphatic rings. The molecule has 0 saturated heterocycles. The van der Waals surface area contributed by atoms with E-state index in [-0.39, 0.29) is 18.3 Å². The number of benzene rings is 2. The molecule has 1 N–H and O–H groups in total. The van der Waals surface area contributed by atoms with Crippen molar-refractivity contribution in [2.45, 2.75) is 19.5 Å². The molecule has 27 heavy (non-hydrogen) atoms. The van der Waals surface area contributed by atoms with Crippen LogP contribution in [-0.2, 0) is 24.3 Å². The van der Waals surface area contributed by atoms with Gasteiger partial charge in [0.05, 0.1) is 19.4 Å². The lowest BCUT2D eigenvalue weighted by molar-refractivity contribution is -0.122. The number of carbonyl (C=O) groups is 1. The number of nitrogens with one attached hydrogen (secondary N) is 1. The Morgan fingerprint density at radius 3 is 2.41 bits per heavy atom. The SMILES string of the molecule is O=C(CN(Cc1ccccc1)Cc1ccco1)NCCc1ccc(F)cc1. The van der Waals surface area contributed by atoms with Gasteiger partial charge >= 0.3 is 0 Å². The number of furan rings is 1. The molecule has 1 amide bonds. The minimum atomic E-state index is -0.253. The van der Waals surface area contributed by atoms with Crippen LogP contribution in [0.2, 0.25) is 0 Å². The van der Waals surface area contributed by atoms with Crippen LogP contribution < -0.4 is 5.32 Å². The molecule has 0 radical (unpaired) electrons. The van der Waals surface area contributed by atoms with Crippen LogP contribution in [-0.4, -0.2) is 23.9 Å². The summed E-state index contributed by atoms with van der Waals surface area (Å²) in [5.74, 6) is 0.530. The molecule has 0 aliphatic carbocycles. The van der Waals surface area contributed by atoms with E-state index in [0.717, 1.165) is 16.9 Å². The zero-order valence-electron chi connectivity index (χ0n) is 15.1. The van der Waals surface area contributed by atoms with Crippen molar-refractivity contribution in [1.82, 2.24) is 10.2 Å². The average molecular weight is 366 g/mol. The molecule has 3 rings (SSSR count). The summed E-state index contributed by atoms with van der Waals surface area (Å²) in [7, 11) is 0. The van der Waals surface area contributed by atoms with Crippen molar-refractivity contribution >= 4 is 5.91 Å². The van der Waals surface area contributed by atoms with Crippen molar-refractivity contribution in [2.24, 2.45) is 0 Å². The molecule has 140 valence electrons. The van der Waals surface area contributed by atoms with Gasteiger partial charge in [-0.05, 0) is 41.8 Å². The molecule has 5 heteroatoms. The van der Waals surface area contributed by atoms with Crippen LogP contribution in [0.15, 0.2) is 77.4 Å². The minimum absolute atomic E-state index is 0.0420. The molecule has 0 aliphatic heterocycles. The van der Waals surface area contributed by atoms with Gasteiger partial charge < -0.3 is 9.73 Å². The van der Waals surface area contributed by atoms with Crippen molar-refractivity contribution in [3.05, 3.63) is 95.7 Å². The zero-order chi connectivity index (χ0) is 18.9. The van der Waals surface area contributed by atoms with Gasteiger partial charge in [0.15, 0.2) is 0 Å². The van der Waals surface area contributed by atoms with Crippen LogP contribution in [0.1, 0.15) is 16.9 Å². The van der Waals surface area contributed by atoms with Crippen LogP contribution in [0.5, 0.6) is 0 Å². The molecule has 0 fully saturated rings. The van der Waals surface area contributed by atoms with Crippen LogP contribution in [0.3, 0.4) is 0 Å². The Morgan fingerprint density at radius 2 is 1.70 bits per heavy atom. The largest absolute Gasteiger partial charge is 0.468 e. The van der Waals surface area contributed by atoms with Gasteiger partial charge in [-0.15, -0.1) is 0 Å². The molecule has 1 heterocycles. The fourth-order valence-corrected chi connectivity index (χ4v) is 2.89. The molecule has 4 nitrogen and oxygen atoms in total. The monoisotopic (exact) mass is 366 g/mol.